The lowest BCUT2D eigenvalue weighted by Crippen LogP contribution is -2.26. The van der Waals surface area contributed by atoms with Gasteiger partial charge in [-0.15, -0.1) is 0 Å². The lowest BCUT2D eigenvalue weighted by molar-refractivity contribution is -0.206. The third-order valence-electron chi connectivity index (χ3n) is 7.05. The number of rotatable bonds is 6. The normalized spacial score (nSPS) is 27.2. The van der Waals surface area contributed by atoms with Crippen molar-refractivity contribution >= 4 is 0 Å². The van der Waals surface area contributed by atoms with Crippen LogP contribution in [0.15, 0.2) is 42.5 Å². The summed E-state index contributed by atoms with van der Waals surface area (Å²) in [5, 5.41) is 0. The van der Waals surface area contributed by atoms with Gasteiger partial charge in [0.05, 0.1) is 13.2 Å². The van der Waals surface area contributed by atoms with E-state index in [-0.39, 0.29) is 12.1 Å². The average molecular weight is 411 g/mol. The van der Waals surface area contributed by atoms with Crippen molar-refractivity contribution in [2.45, 2.75) is 71.0 Å². The van der Waals surface area contributed by atoms with E-state index in [9.17, 15) is 4.39 Å². The van der Waals surface area contributed by atoms with Crippen molar-refractivity contribution < 1.29 is 13.9 Å². The Hall–Kier alpha value is -1.71. The zero-order valence-electron chi connectivity index (χ0n) is 18.4. The van der Waals surface area contributed by atoms with Gasteiger partial charge in [0.25, 0.3) is 0 Å². The maximum atomic E-state index is 15.0. The molecule has 0 bridgehead atoms. The van der Waals surface area contributed by atoms with E-state index in [1.807, 2.05) is 30.3 Å². The monoisotopic (exact) mass is 410 g/mol. The van der Waals surface area contributed by atoms with Crippen molar-refractivity contribution in [3.05, 3.63) is 59.4 Å². The Bertz CT molecular complexity index is 800. The zero-order chi connectivity index (χ0) is 20.9. The molecule has 0 atom stereocenters. The van der Waals surface area contributed by atoms with Crippen molar-refractivity contribution in [1.29, 1.82) is 0 Å². The van der Waals surface area contributed by atoms with E-state index in [1.54, 1.807) is 6.07 Å². The SMILES string of the molecule is CCCC1COC(c2ccc(-c3ccc(C4CCC(CC)CC4)cc3F)cc2)OC1. The molecule has 0 aromatic heterocycles. The fourth-order valence-corrected chi connectivity index (χ4v) is 5.05. The van der Waals surface area contributed by atoms with Gasteiger partial charge in [-0.05, 0) is 61.1 Å². The molecule has 1 saturated carbocycles. The van der Waals surface area contributed by atoms with Gasteiger partial charge >= 0.3 is 0 Å². The molecule has 3 heteroatoms. The summed E-state index contributed by atoms with van der Waals surface area (Å²) in [6.45, 7) is 5.96. The molecule has 1 aliphatic heterocycles. The maximum absolute atomic E-state index is 15.0. The number of hydrogen-bond acceptors (Lipinski definition) is 2. The van der Waals surface area contributed by atoms with Crippen LogP contribution in [-0.2, 0) is 9.47 Å². The Labute approximate surface area is 180 Å². The molecule has 30 heavy (non-hydrogen) atoms. The van der Waals surface area contributed by atoms with Gasteiger partial charge in [0, 0.05) is 17.0 Å². The van der Waals surface area contributed by atoms with Crippen molar-refractivity contribution in [1.82, 2.24) is 0 Å². The van der Waals surface area contributed by atoms with Crippen molar-refractivity contribution in [2.24, 2.45) is 11.8 Å². The average Bonchev–Trinajstić information content (AvgIpc) is 2.80. The number of ether oxygens (including phenoxy) is 2. The van der Waals surface area contributed by atoms with E-state index < -0.39 is 0 Å². The van der Waals surface area contributed by atoms with E-state index in [0.717, 1.165) is 48.7 Å². The van der Waals surface area contributed by atoms with Crippen LogP contribution >= 0.6 is 0 Å². The topological polar surface area (TPSA) is 18.5 Å². The highest BCUT2D eigenvalue weighted by Crippen LogP contribution is 2.38. The van der Waals surface area contributed by atoms with Crippen LogP contribution in [0.4, 0.5) is 4.39 Å². The molecule has 2 fully saturated rings. The predicted molar refractivity (Wildman–Crippen MR) is 120 cm³/mol. The van der Waals surface area contributed by atoms with Gasteiger partial charge in [-0.1, -0.05) is 63.1 Å². The minimum Gasteiger partial charge on any atom is -0.348 e. The maximum Gasteiger partial charge on any atom is 0.183 e. The molecule has 1 saturated heterocycles. The standard InChI is InChI=1S/C27H35FO2/c1-3-5-20-17-29-27(30-18-20)23-12-10-22(11-13-23)25-15-14-24(16-26(25)28)21-8-6-19(4-2)7-9-21/h10-16,19-21,27H,3-9,17-18H2,1-2H3. The van der Waals surface area contributed by atoms with Crippen LogP contribution in [0.2, 0.25) is 0 Å². The van der Waals surface area contributed by atoms with Crippen LogP contribution in [0.1, 0.15) is 82.1 Å². The highest BCUT2D eigenvalue weighted by atomic mass is 19.1. The molecule has 2 nitrogen and oxygen atoms in total. The lowest BCUT2D eigenvalue weighted by Gasteiger charge is -2.29. The van der Waals surface area contributed by atoms with Gasteiger partial charge in [-0.2, -0.15) is 0 Å². The fraction of sp³-hybridized carbons (Fsp3) is 0.556. The molecular formula is C27H35FO2. The number of benzene rings is 2. The van der Waals surface area contributed by atoms with Crippen LogP contribution in [-0.4, -0.2) is 13.2 Å². The van der Waals surface area contributed by atoms with Gasteiger partial charge in [-0.3, -0.25) is 0 Å². The van der Waals surface area contributed by atoms with E-state index in [1.165, 1.54) is 32.1 Å². The molecule has 0 N–H and O–H groups in total. The highest BCUT2D eigenvalue weighted by molar-refractivity contribution is 5.65. The first-order valence-electron chi connectivity index (χ1n) is 11.8. The first-order chi connectivity index (χ1) is 14.7. The van der Waals surface area contributed by atoms with Gasteiger partial charge < -0.3 is 9.47 Å². The zero-order valence-corrected chi connectivity index (χ0v) is 18.4. The Morgan fingerprint density at radius 2 is 1.50 bits per heavy atom. The van der Waals surface area contributed by atoms with Gasteiger partial charge in [0.15, 0.2) is 6.29 Å². The molecule has 2 aliphatic rings. The first kappa shape index (κ1) is 21.5. The second kappa shape index (κ2) is 10.1. The second-order valence-corrected chi connectivity index (χ2v) is 9.14. The van der Waals surface area contributed by atoms with Gasteiger partial charge in [-0.25, -0.2) is 4.39 Å². The van der Waals surface area contributed by atoms with E-state index >= 15 is 0 Å². The largest absolute Gasteiger partial charge is 0.348 e. The summed E-state index contributed by atoms with van der Waals surface area (Å²) in [7, 11) is 0. The molecule has 1 heterocycles. The van der Waals surface area contributed by atoms with Crippen LogP contribution < -0.4 is 0 Å². The molecule has 4 rings (SSSR count). The van der Waals surface area contributed by atoms with E-state index in [0.29, 0.717) is 17.4 Å². The molecule has 0 spiro atoms. The van der Waals surface area contributed by atoms with Crippen molar-refractivity contribution in [3.63, 3.8) is 0 Å². The van der Waals surface area contributed by atoms with Crippen LogP contribution in [0.25, 0.3) is 11.1 Å². The predicted octanol–water partition coefficient (Wildman–Crippen LogP) is 7.64. The Balaban J connectivity index is 1.41. The van der Waals surface area contributed by atoms with E-state index in [4.69, 9.17) is 9.47 Å². The summed E-state index contributed by atoms with van der Waals surface area (Å²) in [6, 6.07) is 13.8. The Morgan fingerprint density at radius 3 is 2.10 bits per heavy atom. The second-order valence-electron chi connectivity index (χ2n) is 9.14. The van der Waals surface area contributed by atoms with Crippen LogP contribution in [0, 0.1) is 17.7 Å². The van der Waals surface area contributed by atoms with Crippen LogP contribution in [0.3, 0.4) is 0 Å². The molecule has 1 aliphatic carbocycles. The van der Waals surface area contributed by atoms with E-state index in [2.05, 4.69) is 19.9 Å². The summed E-state index contributed by atoms with van der Waals surface area (Å²) >= 11 is 0. The molecular weight excluding hydrogens is 375 g/mol. The lowest BCUT2D eigenvalue weighted by atomic mass is 9.77. The quantitative estimate of drug-likeness (QED) is 0.487. The van der Waals surface area contributed by atoms with Gasteiger partial charge in [0.1, 0.15) is 5.82 Å². The number of halogens is 1. The summed E-state index contributed by atoms with van der Waals surface area (Å²) in [5.41, 5.74) is 3.73. The minimum absolute atomic E-state index is 0.120. The third-order valence-corrected chi connectivity index (χ3v) is 7.05. The smallest absolute Gasteiger partial charge is 0.183 e. The number of hydrogen-bond donors (Lipinski definition) is 0. The molecule has 0 amide bonds. The van der Waals surface area contributed by atoms with Crippen LogP contribution in [0.5, 0.6) is 0 Å². The third kappa shape index (κ3) is 4.95. The Morgan fingerprint density at radius 1 is 0.833 bits per heavy atom. The summed E-state index contributed by atoms with van der Waals surface area (Å²) in [6.07, 6.45) is 8.18. The minimum atomic E-state index is -0.308. The fourth-order valence-electron chi connectivity index (χ4n) is 5.05. The Kier molecular flexibility index (Phi) is 7.22. The molecule has 2 aromatic carbocycles. The molecule has 0 unspecified atom stereocenters. The molecule has 0 radical (unpaired) electrons. The van der Waals surface area contributed by atoms with Crippen molar-refractivity contribution in [2.75, 3.05) is 13.2 Å². The molecule has 162 valence electrons. The summed E-state index contributed by atoms with van der Waals surface area (Å²) in [5.74, 6) is 1.75. The highest BCUT2D eigenvalue weighted by Gasteiger charge is 2.24. The first-order valence-corrected chi connectivity index (χ1v) is 11.8. The van der Waals surface area contributed by atoms with Gasteiger partial charge in [0.2, 0.25) is 0 Å². The summed E-state index contributed by atoms with van der Waals surface area (Å²) < 4.78 is 26.8. The summed E-state index contributed by atoms with van der Waals surface area (Å²) in [4.78, 5) is 0. The van der Waals surface area contributed by atoms with Crippen molar-refractivity contribution in [3.8, 4) is 11.1 Å². The molecule has 2 aromatic rings.